The summed E-state index contributed by atoms with van der Waals surface area (Å²) in [4.78, 5) is 60.7. The number of amides is 1. The molecule has 0 unspecified atom stereocenters. The van der Waals surface area contributed by atoms with Gasteiger partial charge in [0, 0.05) is 11.8 Å². The van der Waals surface area contributed by atoms with Gasteiger partial charge in [0.2, 0.25) is 11.5 Å². The number of aromatic nitrogens is 2. The van der Waals surface area contributed by atoms with Crippen LogP contribution in [0.1, 0.15) is 379 Å². The minimum Gasteiger partial charge on any atom is -0.497 e. The minimum absolute atomic E-state index is 0.0194. The number of hydrogen-bond donors (Lipinski definition) is 2. The molecule has 6 aromatic rings. The van der Waals surface area contributed by atoms with Crippen molar-refractivity contribution in [3.63, 3.8) is 0 Å². The molecule has 17 nitrogen and oxygen atoms in total. The number of methoxy groups -OCH3 is 2. The number of benzene rings is 5. The second kappa shape index (κ2) is 59.0. The lowest BCUT2D eigenvalue weighted by atomic mass is 9.80. The molecule has 2 N–H and O–H groups in total. The number of hydrogen-bond acceptors (Lipinski definition) is 15. The lowest BCUT2D eigenvalue weighted by Crippen LogP contribution is -2.47. The summed E-state index contributed by atoms with van der Waals surface area (Å²) in [5.41, 5.74) is 0.243. The number of anilines is 1. The number of rotatable bonds is 69. The third-order valence-corrected chi connectivity index (χ3v) is 23.0. The van der Waals surface area contributed by atoms with Gasteiger partial charge in [-0.15, -0.1) is 0 Å². The number of unbranched alkanes of at least 4 members (excludes halogenated alkanes) is 45. The van der Waals surface area contributed by atoms with E-state index in [1.165, 1.54) is 263 Å². The minimum atomic E-state index is -2.52. The number of nitrogens with zero attached hydrogens (tertiary/aromatic N) is 2. The average Bonchev–Trinajstić information content (AvgIpc) is 1.73. The van der Waals surface area contributed by atoms with Crippen LogP contribution in [0.2, 0.25) is 0 Å². The number of nitrogens with one attached hydrogen (secondary N) is 1. The summed E-state index contributed by atoms with van der Waals surface area (Å²) in [5, 5.41) is 15.7. The highest BCUT2D eigenvalue weighted by molar-refractivity contribution is 6.03. The molecular weight excluding hydrogens is 1470 g/mol. The van der Waals surface area contributed by atoms with E-state index in [1.807, 2.05) is 78.9 Å². The zero-order valence-electron chi connectivity index (χ0n) is 72.7. The van der Waals surface area contributed by atoms with Gasteiger partial charge < -0.3 is 53.1 Å². The van der Waals surface area contributed by atoms with E-state index >= 15 is 0 Å². The first-order valence-electron chi connectivity index (χ1n) is 46.2. The summed E-state index contributed by atoms with van der Waals surface area (Å²) in [6, 6.07) is 37.6. The Labute approximate surface area is 703 Å². The van der Waals surface area contributed by atoms with E-state index in [2.05, 4.69) is 31.1 Å². The van der Waals surface area contributed by atoms with Crippen molar-refractivity contribution in [1.29, 1.82) is 0 Å². The standard InChI is InChI=1S/C100H149N3O14/c1-6-9-12-15-18-21-24-27-30-33-36-39-42-45-48-57-74-111-89-77-83(78-90(112-75-58-49-46-43-40-37-34-31-28-25-22-19-16-13-10-7-2)95(89)113-76-59-50-47-44-41-38-35-32-29-26-23-20-17-14-11-8-3)97(106)114-81-94(104)117-99(108)79-93(103-73-72-92(102-98(103)107)101-96(105)82-60-53-51-54-61-82)116-91(99)80-115-100(84-62-55-52-56-63-84,85-64-68-87(109-4)69-65-85)86-66-70-88(110-5)71-67-86/h51-56,60-73,77-78,91,93,108H,6-50,57-59,74-76,79-81H2,1-5H3,(H,101,102,105,107)/t91-,93-,99-/m1/s1. The second-order valence-corrected chi connectivity index (χ2v) is 32.6. The summed E-state index contributed by atoms with van der Waals surface area (Å²) in [5.74, 6) is -2.59. The van der Waals surface area contributed by atoms with Gasteiger partial charge in [-0.05, 0) is 90.6 Å². The Morgan fingerprint density at radius 2 is 0.821 bits per heavy atom. The van der Waals surface area contributed by atoms with Crippen LogP contribution in [0, 0.1) is 0 Å². The summed E-state index contributed by atoms with van der Waals surface area (Å²) in [6.45, 7) is 6.69. The summed E-state index contributed by atoms with van der Waals surface area (Å²) in [6.07, 6.45) is 58.4. The Kier molecular flexibility index (Phi) is 48.6. The molecule has 0 bridgehead atoms. The fourth-order valence-corrected chi connectivity index (χ4v) is 15.9. The predicted octanol–water partition coefficient (Wildman–Crippen LogP) is 25.8. The number of ether oxygens (including phenoxy) is 9. The first kappa shape index (κ1) is 96.4. The van der Waals surface area contributed by atoms with Crippen LogP contribution in [0.4, 0.5) is 5.82 Å². The van der Waals surface area contributed by atoms with Gasteiger partial charge in [-0.25, -0.2) is 14.4 Å². The molecule has 3 atom stereocenters. The first-order valence-corrected chi connectivity index (χ1v) is 46.2. The van der Waals surface area contributed by atoms with Crippen LogP contribution in [-0.4, -0.2) is 91.6 Å². The van der Waals surface area contributed by atoms with Gasteiger partial charge in [-0.2, -0.15) is 4.98 Å². The van der Waals surface area contributed by atoms with Gasteiger partial charge >= 0.3 is 17.6 Å². The van der Waals surface area contributed by atoms with E-state index in [4.69, 9.17) is 42.6 Å². The maximum atomic E-state index is 14.7. The molecule has 1 aliphatic heterocycles. The van der Waals surface area contributed by atoms with E-state index in [0.29, 0.717) is 70.8 Å². The Bertz CT molecular complexity index is 3540. The molecule has 0 aliphatic carbocycles. The summed E-state index contributed by atoms with van der Waals surface area (Å²) >= 11 is 0. The van der Waals surface area contributed by atoms with Crippen molar-refractivity contribution in [1.82, 2.24) is 9.55 Å². The molecule has 0 radical (unpaired) electrons. The van der Waals surface area contributed by atoms with Crippen molar-refractivity contribution >= 4 is 23.7 Å². The Hall–Kier alpha value is -7.73. The number of esters is 2. The monoisotopic (exact) mass is 1620 g/mol. The average molecular weight is 1620 g/mol. The fraction of sp³-hybridized carbons (Fsp3) is 0.630. The normalized spacial score (nSPS) is 14.6. The Morgan fingerprint density at radius 3 is 1.20 bits per heavy atom. The predicted molar refractivity (Wildman–Crippen MR) is 473 cm³/mol. The van der Waals surface area contributed by atoms with Crippen molar-refractivity contribution in [3.05, 3.63) is 172 Å². The molecule has 648 valence electrons. The number of aliphatic hydroxyl groups is 1. The lowest BCUT2D eigenvalue weighted by Gasteiger charge is -2.38. The second-order valence-electron chi connectivity index (χ2n) is 32.6. The van der Waals surface area contributed by atoms with E-state index < -0.39 is 66.9 Å². The molecule has 5 aromatic carbocycles. The molecule has 1 saturated heterocycles. The quantitative estimate of drug-likeness (QED) is 0.0158. The largest absolute Gasteiger partial charge is 0.497 e. The smallest absolute Gasteiger partial charge is 0.351 e. The molecule has 0 saturated carbocycles. The maximum Gasteiger partial charge on any atom is 0.351 e. The van der Waals surface area contributed by atoms with Crippen LogP contribution in [-0.2, 0) is 29.3 Å². The van der Waals surface area contributed by atoms with Crippen LogP contribution in [0.5, 0.6) is 28.7 Å². The number of carbonyl (C=O) groups is 3. The number of carbonyl (C=O) groups excluding carboxylic acids is 3. The van der Waals surface area contributed by atoms with Crippen LogP contribution in [0.25, 0.3) is 0 Å². The zero-order valence-corrected chi connectivity index (χ0v) is 72.7. The van der Waals surface area contributed by atoms with Gasteiger partial charge in [0.25, 0.3) is 5.91 Å². The summed E-state index contributed by atoms with van der Waals surface area (Å²) in [7, 11) is 3.17. The fourth-order valence-electron chi connectivity index (χ4n) is 15.9. The van der Waals surface area contributed by atoms with Gasteiger partial charge in [-0.1, -0.05) is 383 Å². The van der Waals surface area contributed by atoms with Crippen LogP contribution in [0.3, 0.4) is 0 Å². The van der Waals surface area contributed by atoms with Gasteiger partial charge in [0.05, 0.1) is 52.6 Å². The molecule has 1 amide bonds. The van der Waals surface area contributed by atoms with E-state index in [9.17, 15) is 24.3 Å². The summed E-state index contributed by atoms with van der Waals surface area (Å²) < 4.78 is 58.2. The first-order chi connectivity index (χ1) is 57.4. The maximum absolute atomic E-state index is 14.7. The molecular formula is C100H149N3O14. The van der Waals surface area contributed by atoms with Crippen molar-refractivity contribution < 1.29 is 62.1 Å². The molecule has 17 heteroatoms. The van der Waals surface area contributed by atoms with E-state index in [1.54, 1.807) is 56.7 Å². The van der Waals surface area contributed by atoms with Crippen molar-refractivity contribution in [2.75, 3.05) is 52.6 Å². The van der Waals surface area contributed by atoms with Crippen molar-refractivity contribution in [2.45, 2.75) is 359 Å². The Balaban J connectivity index is 1.07. The van der Waals surface area contributed by atoms with Gasteiger partial charge in [-0.3, -0.25) is 9.36 Å². The topological polar surface area (TPSA) is 201 Å². The van der Waals surface area contributed by atoms with Crippen molar-refractivity contribution in [2.24, 2.45) is 0 Å². The van der Waals surface area contributed by atoms with E-state index in [-0.39, 0.29) is 11.4 Å². The van der Waals surface area contributed by atoms with Crippen LogP contribution in [0.15, 0.2) is 138 Å². The zero-order chi connectivity index (χ0) is 82.9. The highest BCUT2D eigenvalue weighted by Gasteiger charge is 2.54. The van der Waals surface area contributed by atoms with Gasteiger partial charge in [0.15, 0.2) is 18.1 Å². The van der Waals surface area contributed by atoms with Crippen molar-refractivity contribution in [3.8, 4) is 28.7 Å². The molecule has 7 rings (SSSR count). The van der Waals surface area contributed by atoms with Crippen LogP contribution < -0.4 is 34.7 Å². The third kappa shape index (κ3) is 36.4. The third-order valence-electron chi connectivity index (χ3n) is 23.0. The molecule has 117 heavy (non-hydrogen) atoms. The molecule has 1 aliphatic rings. The highest BCUT2D eigenvalue weighted by Crippen LogP contribution is 2.46. The molecule has 2 heterocycles. The highest BCUT2D eigenvalue weighted by atomic mass is 16.7. The van der Waals surface area contributed by atoms with Crippen LogP contribution >= 0.6 is 0 Å². The SMILES string of the molecule is CCCCCCCCCCCCCCCCCCOc1cc(C(=O)OCC(=O)O[C@]2(O)C[C@H](n3ccc(NC(=O)c4ccccc4)nc3=O)O[C@@H]2COC(c2ccccc2)(c2ccc(OC)cc2)c2ccc(OC)cc2)cc(OCCCCCCCCCCCCCCCCCC)c1OCCCCCCCCCCCCCCCCCC. The Morgan fingerprint density at radius 1 is 0.462 bits per heavy atom. The van der Waals surface area contributed by atoms with E-state index in [0.717, 1.165) is 62.4 Å². The molecule has 1 fully saturated rings. The van der Waals surface area contributed by atoms with Gasteiger partial charge in [0.1, 0.15) is 35.2 Å². The molecule has 1 aromatic heterocycles. The lowest BCUT2D eigenvalue weighted by molar-refractivity contribution is -0.239. The molecule has 0 spiro atoms.